The molecular weight excluding hydrogens is 343 g/mol. The van der Waals surface area contributed by atoms with Gasteiger partial charge in [0.1, 0.15) is 5.75 Å². The molecule has 3 rings (SSSR count). The van der Waals surface area contributed by atoms with Gasteiger partial charge in [0, 0.05) is 11.7 Å². The van der Waals surface area contributed by atoms with Crippen LogP contribution in [0.25, 0.3) is 0 Å². The molecular formula is C19H27BN4O3. The summed E-state index contributed by atoms with van der Waals surface area (Å²) in [5.41, 5.74) is 7.68. The minimum absolute atomic E-state index is 0.445. The Morgan fingerprint density at radius 1 is 1.07 bits per heavy atom. The van der Waals surface area contributed by atoms with Gasteiger partial charge in [0.25, 0.3) is 0 Å². The third-order valence-corrected chi connectivity index (χ3v) is 5.29. The van der Waals surface area contributed by atoms with Crippen molar-refractivity contribution in [3.8, 4) is 5.75 Å². The van der Waals surface area contributed by atoms with Gasteiger partial charge >= 0.3 is 7.12 Å². The van der Waals surface area contributed by atoms with Crippen molar-refractivity contribution < 1.29 is 14.0 Å². The zero-order valence-corrected chi connectivity index (χ0v) is 16.5. The molecule has 1 aliphatic rings. The van der Waals surface area contributed by atoms with E-state index in [-0.39, 0.29) is 0 Å². The van der Waals surface area contributed by atoms with Crippen molar-refractivity contribution in [3.63, 3.8) is 0 Å². The minimum Gasteiger partial charge on any atom is -0.497 e. The van der Waals surface area contributed by atoms with Crippen molar-refractivity contribution in [3.05, 3.63) is 42.1 Å². The lowest BCUT2D eigenvalue weighted by atomic mass is 9.78. The van der Waals surface area contributed by atoms with Crippen LogP contribution < -0.4 is 26.8 Å². The molecule has 1 aromatic carbocycles. The van der Waals surface area contributed by atoms with Crippen LogP contribution in [0.5, 0.6) is 5.75 Å². The highest BCUT2D eigenvalue weighted by Gasteiger charge is 2.52. The summed E-state index contributed by atoms with van der Waals surface area (Å²) in [6.45, 7) is 8.47. The van der Waals surface area contributed by atoms with Crippen LogP contribution in [0.2, 0.25) is 0 Å². The summed E-state index contributed by atoms with van der Waals surface area (Å²) < 4.78 is 17.4. The topological polar surface area (TPSA) is 95.9 Å². The van der Waals surface area contributed by atoms with E-state index >= 15 is 0 Å². The Bertz CT molecular complexity index is 795. The number of hydrogen-bond donors (Lipinski definition) is 2. The minimum atomic E-state index is -0.564. The van der Waals surface area contributed by atoms with Crippen molar-refractivity contribution >= 4 is 24.1 Å². The largest absolute Gasteiger partial charge is 0.497 e. The fourth-order valence-corrected chi connectivity index (χ4v) is 2.88. The zero-order chi connectivity index (χ0) is 19.8. The normalized spacial score (nSPS) is 17.8. The summed E-state index contributed by atoms with van der Waals surface area (Å²) in [6.07, 6.45) is 1.67. The number of aromatic nitrogens is 1. The predicted molar refractivity (Wildman–Crippen MR) is 108 cm³/mol. The predicted octanol–water partition coefficient (Wildman–Crippen LogP) is 1.85. The van der Waals surface area contributed by atoms with E-state index in [0.29, 0.717) is 18.1 Å². The molecule has 0 amide bonds. The summed E-state index contributed by atoms with van der Waals surface area (Å²) in [6, 6.07) is 9.49. The summed E-state index contributed by atoms with van der Waals surface area (Å²) >= 11 is 0. The van der Waals surface area contributed by atoms with Gasteiger partial charge in [-0.05, 0) is 51.5 Å². The molecule has 1 aliphatic heterocycles. The van der Waals surface area contributed by atoms with E-state index in [2.05, 4.69) is 4.98 Å². The molecule has 0 saturated carbocycles. The Labute approximate surface area is 160 Å². The maximum Gasteiger partial charge on any atom is 0.497 e. The molecule has 2 aromatic rings. The van der Waals surface area contributed by atoms with Crippen molar-refractivity contribution in [1.29, 1.82) is 0 Å². The van der Waals surface area contributed by atoms with Gasteiger partial charge in [-0.1, -0.05) is 12.1 Å². The lowest BCUT2D eigenvalue weighted by Gasteiger charge is -2.32. The van der Waals surface area contributed by atoms with Gasteiger partial charge in [0.15, 0.2) is 5.82 Å². The Morgan fingerprint density at radius 3 is 2.22 bits per heavy atom. The first-order chi connectivity index (χ1) is 12.6. The van der Waals surface area contributed by atoms with Crippen LogP contribution in [0.3, 0.4) is 0 Å². The van der Waals surface area contributed by atoms with Crippen molar-refractivity contribution in [2.24, 2.45) is 5.84 Å². The molecule has 4 N–H and O–H groups in total. The number of benzene rings is 1. The van der Waals surface area contributed by atoms with Gasteiger partial charge in [-0.15, -0.1) is 0 Å². The molecule has 1 saturated heterocycles. The van der Waals surface area contributed by atoms with E-state index in [9.17, 15) is 0 Å². The highest BCUT2D eigenvalue weighted by Crippen LogP contribution is 2.37. The molecule has 144 valence electrons. The second kappa shape index (κ2) is 7.03. The SMILES string of the molecule is COc1ccc(CN(N)c2nccc(B3OC(C)(C)C(C)(C)O3)c2N)cc1. The first-order valence-electron chi connectivity index (χ1n) is 8.90. The third kappa shape index (κ3) is 3.74. The number of rotatable bonds is 5. The molecule has 1 fully saturated rings. The van der Waals surface area contributed by atoms with Gasteiger partial charge in [0.05, 0.1) is 30.5 Å². The smallest absolute Gasteiger partial charge is 0.497 e. The van der Waals surface area contributed by atoms with Gasteiger partial charge in [-0.2, -0.15) is 0 Å². The highest BCUT2D eigenvalue weighted by atomic mass is 16.7. The number of nitrogens with two attached hydrogens (primary N) is 2. The number of methoxy groups -OCH3 is 1. The number of nitrogens with zero attached hydrogens (tertiary/aromatic N) is 2. The van der Waals surface area contributed by atoms with Crippen molar-refractivity contribution in [2.75, 3.05) is 17.9 Å². The summed E-state index contributed by atoms with van der Waals surface area (Å²) in [5, 5.41) is 1.52. The molecule has 2 heterocycles. The van der Waals surface area contributed by atoms with E-state index in [1.165, 1.54) is 5.01 Å². The molecule has 0 radical (unpaired) electrons. The summed E-state index contributed by atoms with van der Waals surface area (Å²) in [4.78, 5) is 4.35. The van der Waals surface area contributed by atoms with Crippen LogP contribution in [0.15, 0.2) is 36.5 Å². The van der Waals surface area contributed by atoms with E-state index < -0.39 is 18.3 Å². The standard InChI is InChI=1S/C19H27BN4O3/c1-18(2)19(3,4)27-20(26-18)15-10-11-23-17(16(15)21)24(22)12-13-6-8-14(25-5)9-7-13/h6-11H,12,21-22H2,1-5H3. The third-order valence-electron chi connectivity index (χ3n) is 5.29. The van der Waals surface area contributed by atoms with Crippen molar-refractivity contribution in [1.82, 2.24) is 4.98 Å². The lowest BCUT2D eigenvalue weighted by molar-refractivity contribution is 0.00578. The number of nitrogen functional groups attached to an aromatic ring is 1. The first kappa shape index (κ1) is 19.5. The first-order valence-corrected chi connectivity index (χ1v) is 8.90. The van der Waals surface area contributed by atoms with Gasteiger partial charge in [-0.3, -0.25) is 5.01 Å². The second-order valence-electron chi connectivity index (χ2n) is 7.70. The number of hydrazine groups is 1. The lowest BCUT2D eigenvalue weighted by Crippen LogP contribution is -2.41. The summed E-state index contributed by atoms with van der Waals surface area (Å²) in [7, 11) is 1.07. The Hall–Kier alpha value is -2.29. The molecule has 8 heteroatoms. The molecule has 27 heavy (non-hydrogen) atoms. The fraction of sp³-hybridized carbons (Fsp3) is 0.421. The quantitative estimate of drug-likeness (QED) is 0.471. The van der Waals surface area contributed by atoms with E-state index in [1.54, 1.807) is 13.3 Å². The highest BCUT2D eigenvalue weighted by molar-refractivity contribution is 6.64. The average molecular weight is 370 g/mol. The second-order valence-corrected chi connectivity index (χ2v) is 7.70. The van der Waals surface area contributed by atoms with E-state index in [0.717, 1.165) is 16.8 Å². The number of ether oxygens (including phenoxy) is 1. The van der Waals surface area contributed by atoms with Crippen molar-refractivity contribution in [2.45, 2.75) is 45.4 Å². The van der Waals surface area contributed by atoms with E-state index in [4.69, 9.17) is 25.6 Å². The van der Waals surface area contributed by atoms with Crippen LogP contribution in [0, 0.1) is 0 Å². The molecule has 0 bridgehead atoms. The summed E-state index contributed by atoms with van der Waals surface area (Å²) in [5.74, 6) is 7.53. The van der Waals surface area contributed by atoms with E-state index in [1.807, 2.05) is 58.0 Å². The van der Waals surface area contributed by atoms with Gasteiger partial charge in [0.2, 0.25) is 0 Å². The fourth-order valence-electron chi connectivity index (χ4n) is 2.88. The van der Waals surface area contributed by atoms with Crippen LogP contribution in [-0.4, -0.2) is 30.4 Å². The molecule has 0 unspecified atom stereocenters. The number of anilines is 2. The maximum absolute atomic E-state index is 6.38. The Balaban J connectivity index is 1.82. The maximum atomic E-state index is 6.38. The molecule has 0 aliphatic carbocycles. The average Bonchev–Trinajstić information content (AvgIpc) is 2.83. The number of pyridine rings is 1. The monoisotopic (exact) mass is 370 g/mol. The Kier molecular flexibility index (Phi) is 5.07. The molecule has 7 nitrogen and oxygen atoms in total. The van der Waals surface area contributed by atoms with Crippen LogP contribution in [0.4, 0.5) is 11.5 Å². The molecule has 0 spiro atoms. The van der Waals surface area contributed by atoms with Crippen LogP contribution in [-0.2, 0) is 15.9 Å². The number of hydrogen-bond acceptors (Lipinski definition) is 7. The molecule has 0 atom stereocenters. The van der Waals surface area contributed by atoms with Crippen LogP contribution in [0.1, 0.15) is 33.3 Å². The molecule has 1 aromatic heterocycles. The van der Waals surface area contributed by atoms with Crippen LogP contribution >= 0.6 is 0 Å². The van der Waals surface area contributed by atoms with Gasteiger partial charge < -0.3 is 19.8 Å². The van der Waals surface area contributed by atoms with Gasteiger partial charge in [-0.25, -0.2) is 10.8 Å². The zero-order valence-electron chi connectivity index (χ0n) is 16.5. The Morgan fingerprint density at radius 2 is 1.67 bits per heavy atom.